The van der Waals surface area contributed by atoms with Gasteiger partial charge in [0.05, 0.1) is 67.8 Å². The van der Waals surface area contributed by atoms with E-state index in [9.17, 15) is 59.2 Å². The minimum atomic E-state index is -2.23. The lowest BCUT2D eigenvalue weighted by Crippen LogP contribution is -2.71. The molecule has 10 rings (SSSR count). The number of carboxylic acids is 2. The summed E-state index contributed by atoms with van der Waals surface area (Å²) < 4.78 is 22.4. The lowest BCUT2D eigenvalue weighted by molar-refractivity contribution is -0.385. The number of non-ortho nitro benzene ring substituents is 2. The van der Waals surface area contributed by atoms with Crippen LogP contribution in [0.5, 0.6) is 0 Å². The number of nitro groups is 2. The number of hydroxylamine groups is 4. The monoisotopic (exact) mass is 1390 g/mol. The van der Waals surface area contributed by atoms with E-state index in [0.29, 0.717) is 57.7 Å². The molecule has 0 bridgehead atoms. The molecule has 0 amide bonds. The van der Waals surface area contributed by atoms with Crippen molar-refractivity contribution < 1.29 is 77.4 Å². The average molecular weight is 1400 g/mol. The maximum Gasteiger partial charge on any atom is 0.356 e. The highest BCUT2D eigenvalue weighted by molar-refractivity contribution is 6.00. The van der Waals surface area contributed by atoms with Gasteiger partial charge in [-0.3, -0.25) is 34.7 Å². The van der Waals surface area contributed by atoms with Gasteiger partial charge in [0.2, 0.25) is 0 Å². The van der Waals surface area contributed by atoms with Crippen molar-refractivity contribution in [2.24, 2.45) is 10.8 Å². The second-order valence-electron chi connectivity index (χ2n) is 26.5. The zero-order valence-electron chi connectivity index (χ0n) is 58.1. The quantitative estimate of drug-likeness (QED) is 0.0152. The summed E-state index contributed by atoms with van der Waals surface area (Å²) in [5.74, 6) is -10.4. The SMILES string of the molecule is COCCOC(=O)C1=C(C)N(OC(=O)/C=C/C(=O)ON2C(C)C(CCOC)(C(=O)O)C(c3cccc([N+](=O)[O-])c3)C(CCN3CCC(c4ccccc4)(c4ccccc4)CC3)(C(=O)O)C2C)C(C)=C(C(=O)OCCN2CCC(c3ccccc3)(c3ccccc3)CC2)C1c1cccc([N+](=O)[O-])c1. The number of ether oxygens (including phenoxy) is 4. The van der Waals surface area contributed by atoms with Crippen LogP contribution in [0, 0.1) is 31.1 Å². The fourth-order valence-corrected chi connectivity index (χ4v) is 16.2. The van der Waals surface area contributed by atoms with Crippen LogP contribution in [0.15, 0.2) is 205 Å². The molecule has 24 nitrogen and oxygen atoms in total. The zero-order valence-corrected chi connectivity index (χ0v) is 58.1. The second kappa shape index (κ2) is 32.6. The van der Waals surface area contributed by atoms with Gasteiger partial charge in [0.1, 0.15) is 13.2 Å². The number of hydrogen-bond donors (Lipinski definition) is 2. The van der Waals surface area contributed by atoms with Crippen molar-refractivity contribution in [2.75, 3.05) is 79.9 Å². The summed E-state index contributed by atoms with van der Waals surface area (Å²) in [6, 6.07) is 48.7. The molecule has 6 aromatic rings. The van der Waals surface area contributed by atoms with Crippen LogP contribution in [0.1, 0.15) is 111 Å². The number of rotatable bonds is 28. The summed E-state index contributed by atoms with van der Waals surface area (Å²) in [5, 5.41) is 50.6. The van der Waals surface area contributed by atoms with Crippen LogP contribution in [0.2, 0.25) is 0 Å². The number of hydrogen-bond acceptors (Lipinski definition) is 20. The van der Waals surface area contributed by atoms with Crippen molar-refractivity contribution in [1.29, 1.82) is 0 Å². The lowest BCUT2D eigenvalue weighted by atomic mass is 9.49. The summed E-state index contributed by atoms with van der Waals surface area (Å²) in [6.45, 7) is 7.76. The summed E-state index contributed by atoms with van der Waals surface area (Å²) in [6.07, 6.45) is 3.55. The third-order valence-electron chi connectivity index (χ3n) is 21.5. The van der Waals surface area contributed by atoms with Gasteiger partial charge in [0.15, 0.2) is 0 Å². The Balaban J connectivity index is 0.950. The number of esters is 2. The fourth-order valence-electron chi connectivity index (χ4n) is 16.2. The Morgan fingerprint density at radius 1 is 0.500 bits per heavy atom. The Morgan fingerprint density at radius 3 is 1.31 bits per heavy atom. The molecule has 3 fully saturated rings. The molecule has 3 saturated heterocycles. The van der Waals surface area contributed by atoms with Gasteiger partial charge in [-0.2, -0.15) is 5.06 Å². The highest BCUT2D eigenvalue weighted by Gasteiger charge is 2.70. The van der Waals surface area contributed by atoms with Gasteiger partial charge in [0.25, 0.3) is 11.4 Å². The summed E-state index contributed by atoms with van der Waals surface area (Å²) in [4.78, 5) is 128. The minimum absolute atomic E-state index is 0.0450. The Kier molecular flexibility index (Phi) is 23.8. The van der Waals surface area contributed by atoms with Gasteiger partial charge < -0.3 is 43.7 Å². The number of nitro benzene ring substituents is 2. The average Bonchev–Trinajstić information content (AvgIpc) is 0.693. The van der Waals surface area contributed by atoms with Gasteiger partial charge in [-0.1, -0.05) is 146 Å². The molecule has 6 aromatic carbocycles. The maximum absolute atomic E-state index is 15.0. The molecule has 4 heterocycles. The van der Waals surface area contributed by atoms with Crippen LogP contribution < -0.4 is 0 Å². The van der Waals surface area contributed by atoms with Crippen LogP contribution in [0.3, 0.4) is 0 Å². The minimum Gasteiger partial charge on any atom is -0.481 e. The van der Waals surface area contributed by atoms with Crippen molar-refractivity contribution in [3.05, 3.63) is 258 Å². The summed E-state index contributed by atoms with van der Waals surface area (Å²) >= 11 is 0. The molecule has 0 aliphatic carbocycles. The van der Waals surface area contributed by atoms with E-state index in [2.05, 4.69) is 58.3 Å². The third-order valence-corrected chi connectivity index (χ3v) is 21.5. The van der Waals surface area contributed by atoms with Gasteiger partial charge in [0, 0.05) is 80.5 Å². The molecule has 0 saturated carbocycles. The topological polar surface area (TPSA) is 297 Å². The Labute approximate surface area is 591 Å². The molecule has 0 spiro atoms. The number of nitrogens with zero attached hydrogens (tertiary/aromatic N) is 6. The van der Waals surface area contributed by atoms with Crippen molar-refractivity contribution >= 4 is 47.2 Å². The van der Waals surface area contributed by atoms with E-state index in [1.165, 1.54) is 102 Å². The largest absolute Gasteiger partial charge is 0.481 e. The summed E-state index contributed by atoms with van der Waals surface area (Å²) in [5.41, 5.74) is -1.77. The van der Waals surface area contributed by atoms with Crippen LogP contribution >= 0.6 is 0 Å². The number of piperidine rings is 3. The smallest absolute Gasteiger partial charge is 0.356 e. The molecule has 0 radical (unpaired) electrons. The van der Waals surface area contributed by atoms with Gasteiger partial charge >= 0.3 is 35.8 Å². The highest BCUT2D eigenvalue weighted by atomic mass is 16.7. The van der Waals surface area contributed by atoms with Crippen LogP contribution in [0.25, 0.3) is 0 Å². The molecular formula is C78H86N6O18. The normalized spacial score (nSPS) is 22.4. The van der Waals surface area contributed by atoms with Crippen LogP contribution in [0.4, 0.5) is 11.4 Å². The molecule has 0 aromatic heterocycles. The first kappa shape index (κ1) is 74.5. The number of allylic oxidation sites excluding steroid dienone is 2. The van der Waals surface area contributed by atoms with E-state index in [1.54, 1.807) is 0 Å². The number of carboxylic acid groups (broad SMARTS) is 2. The first-order valence-corrected chi connectivity index (χ1v) is 34.1. The Hall–Kier alpha value is -10.2. The van der Waals surface area contributed by atoms with E-state index in [0.717, 1.165) is 34.1 Å². The first-order chi connectivity index (χ1) is 49.1. The number of benzene rings is 6. The first-order valence-electron chi connectivity index (χ1n) is 34.1. The number of carbonyl (C=O) groups is 6. The number of aliphatic carboxylic acids is 2. The van der Waals surface area contributed by atoms with Gasteiger partial charge in [-0.05, 0) is 132 Å². The van der Waals surface area contributed by atoms with E-state index < -0.39 is 91.5 Å². The highest BCUT2D eigenvalue weighted by Crippen LogP contribution is 2.62. The number of likely N-dealkylation sites (tertiary alicyclic amines) is 2. The van der Waals surface area contributed by atoms with Crippen LogP contribution in [-0.4, -0.2) is 168 Å². The van der Waals surface area contributed by atoms with E-state index in [1.807, 2.05) is 72.8 Å². The van der Waals surface area contributed by atoms with Crippen LogP contribution in [-0.2, 0) is 68.2 Å². The van der Waals surface area contributed by atoms with Gasteiger partial charge in [-0.25, -0.2) is 19.2 Å². The Morgan fingerprint density at radius 2 is 0.892 bits per heavy atom. The molecule has 24 heteroatoms. The standard InChI is InChI=1S/C78H86N6O18/c1-53-67(71(87)99-48-46-80-43-37-76(38-44-80,61-27-15-9-16-28-61)62-29-17-10-18-30-62)69(57-21-19-31-63(51-57)83(93)94)68(72(88)100-50-49-98-6)54(2)81(53)101-65(85)33-34-66(86)102-82-55(3)77(73(89)90,70(58-22-20-32-64(52-58)84(95)96)78(56(82)4,74(91)92)40-47-97-5)39-45-79-41-35-75(36-42-79,59-23-11-7-12-24-59)60-25-13-8-14-26-60/h7-34,51-52,55-56,69-70H,35-50H2,1-6H3,(H,89,90)(H,91,92)/b34-33+. The lowest BCUT2D eigenvalue weighted by Gasteiger charge is -2.60. The van der Waals surface area contributed by atoms with E-state index in [4.69, 9.17) is 28.6 Å². The zero-order chi connectivity index (χ0) is 72.9. The predicted molar refractivity (Wildman–Crippen MR) is 375 cm³/mol. The molecule has 4 aliphatic rings. The Bertz CT molecular complexity index is 4040. The second-order valence-corrected chi connectivity index (χ2v) is 26.5. The molecule has 4 aliphatic heterocycles. The predicted octanol–water partition coefficient (Wildman–Crippen LogP) is 11.3. The number of methoxy groups -OCH3 is 2. The van der Waals surface area contributed by atoms with Crippen molar-refractivity contribution in [2.45, 2.75) is 101 Å². The fraction of sp³-hybridized carbons (Fsp3) is 0.385. The van der Waals surface area contributed by atoms with E-state index in [-0.39, 0.29) is 90.6 Å². The molecular weight excluding hydrogens is 1310 g/mol. The molecule has 6 unspecified atom stereocenters. The summed E-state index contributed by atoms with van der Waals surface area (Å²) in [7, 11) is 2.74. The number of carbonyl (C=O) groups excluding carboxylic acids is 4. The molecule has 536 valence electrons. The van der Waals surface area contributed by atoms with Gasteiger partial charge in [-0.15, -0.1) is 5.06 Å². The van der Waals surface area contributed by atoms with E-state index >= 15 is 0 Å². The molecule has 102 heavy (non-hydrogen) atoms. The van der Waals surface area contributed by atoms with Crippen molar-refractivity contribution in [3.63, 3.8) is 0 Å². The molecule has 6 atom stereocenters. The molecule has 2 N–H and O–H groups in total. The van der Waals surface area contributed by atoms with Crippen molar-refractivity contribution in [3.8, 4) is 0 Å². The third kappa shape index (κ3) is 15.1. The maximum atomic E-state index is 15.0. The van der Waals surface area contributed by atoms with Crippen molar-refractivity contribution in [1.82, 2.24) is 19.9 Å².